The smallest absolute Gasteiger partial charge is 0.325 e. The van der Waals surface area contributed by atoms with Gasteiger partial charge < -0.3 is 9.64 Å². The molecule has 0 spiro atoms. The number of amides is 1. The Morgan fingerprint density at radius 1 is 1.16 bits per heavy atom. The number of ether oxygens (including phenoxy) is 1. The number of halogens is 1. The van der Waals surface area contributed by atoms with Gasteiger partial charge in [0.05, 0.1) is 24.3 Å². The van der Waals surface area contributed by atoms with Crippen LogP contribution in [0.2, 0.25) is 5.02 Å². The molecule has 0 saturated heterocycles. The molecule has 3 rings (SSSR count). The van der Waals surface area contributed by atoms with Gasteiger partial charge in [-0.15, -0.1) is 0 Å². The summed E-state index contributed by atoms with van der Waals surface area (Å²) < 4.78 is 6.63. The van der Waals surface area contributed by atoms with Crippen LogP contribution in [0.15, 0.2) is 36.5 Å². The van der Waals surface area contributed by atoms with E-state index in [4.69, 9.17) is 21.3 Å². The van der Waals surface area contributed by atoms with Gasteiger partial charge in [0.2, 0.25) is 0 Å². The fraction of sp³-hybridized carbons (Fsp3) is 0.391. The monoisotopic (exact) mass is 442 g/mol. The maximum atomic E-state index is 13.7. The summed E-state index contributed by atoms with van der Waals surface area (Å²) in [6.45, 7) is 8.15. The van der Waals surface area contributed by atoms with Crippen LogP contribution in [-0.4, -0.2) is 45.2 Å². The van der Waals surface area contributed by atoms with Crippen molar-refractivity contribution in [2.75, 3.05) is 13.7 Å². The van der Waals surface area contributed by atoms with Crippen LogP contribution in [0.1, 0.15) is 61.3 Å². The standard InChI is InChI=1S/C23H27ClN4O3/c1-14(2)20-10-18(19-11-25-28(15(3)4)22(19)26-20)23(30)27(13-21(29)31-5)12-16-6-8-17(24)9-7-16/h6-11,14-15H,12-13H2,1-5H3. The van der Waals surface area contributed by atoms with Crippen molar-refractivity contribution in [1.82, 2.24) is 19.7 Å². The van der Waals surface area contributed by atoms with E-state index in [1.165, 1.54) is 12.0 Å². The molecular weight excluding hydrogens is 416 g/mol. The zero-order chi connectivity index (χ0) is 22.7. The average Bonchev–Trinajstić information content (AvgIpc) is 3.17. The van der Waals surface area contributed by atoms with Gasteiger partial charge in [0.15, 0.2) is 5.65 Å². The number of esters is 1. The van der Waals surface area contributed by atoms with Gasteiger partial charge in [-0.05, 0) is 43.5 Å². The van der Waals surface area contributed by atoms with Gasteiger partial charge in [0, 0.05) is 23.3 Å². The van der Waals surface area contributed by atoms with Crippen molar-refractivity contribution in [1.29, 1.82) is 0 Å². The highest BCUT2D eigenvalue weighted by Crippen LogP contribution is 2.26. The summed E-state index contributed by atoms with van der Waals surface area (Å²) in [5.74, 6) is -0.649. The fourth-order valence-electron chi connectivity index (χ4n) is 3.29. The lowest BCUT2D eigenvalue weighted by atomic mass is 10.0. The molecule has 0 fully saturated rings. The van der Waals surface area contributed by atoms with Gasteiger partial charge in [-0.3, -0.25) is 9.59 Å². The van der Waals surface area contributed by atoms with Crippen LogP contribution in [0.5, 0.6) is 0 Å². The molecule has 0 saturated carbocycles. The van der Waals surface area contributed by atoms with Crippen LogP contribution in [0, 0.1) is 0 Å². The fourth-order valence-corrected chi connectivity index (χ4v) is 3.41. The highest BCUT2D eigenvalue weighted by Gasteiger charge is 2.25. The summed E-state index contributed by atoms with van der Waals surface area (Å²) in [7, 11) is 1.31. The zero-order valence-electron chi connectivity index (χ0n) is 18.4. The summed E-state index contributed by atoms with van der Waals surface area (Å²) >= 11 is 5.98. The van der Waals surface area contributed by atoms with Gasteiger partial charge in [-0.25, -0.2) is 9.67 Å². The van der Waals surface area contributed by atoms with Crippen LogP contribution in [0.4, 0.5) is 0 Å². The van der Waals surface area contributed by atoms with E-state index < -0.39 is 5.97 Å². The topological polar surface area (TPSA) is 77.3 Å². The summed E-state index contributed by atoms with van der Waals surface area (Å²) in [6.07, 6.45) is 1.66. The van der Waals surface area contributed by atoms with Gasteiger partial charge >= 0.3 is 5.97 Å². The van der Waals surface area contributed by atoms with E-state index in [0.717, 1.165) is 11.3 Å². The van der Waals surface area contributed by atoms with Crippen LogP contribution in [-0.2, 0) is 16.1 Å². The Morgan fingerprint density at radius 3 is 2.42 bits per heavy atom. The van der Waals surface area contributed by atoms with Crippen molar-refractivity contribution in [3.63, 3.8) is 0 Å². The molecule has 0 aliphatic carbocycles. The number of benzene rings is 1. The number of pyridine rings is 1. The van der Waals surface area contributed by atoms with Crippen molar-refractivity contribution >= 4 is 34.5 Å². The molecule has 1 amide bonds. The molecule has 0 bridgehead atoms. The molecule has 0 N–H and O–H groups in total. The first-order valence-corrected chi connectivity index (χ1v) is 10.6. The third kappa shape index (κ3) is 5.05. The average molecular weight is 443 g/mol. The normalized spacial score (nSPS) is 11.4. The Morgan fingerprint density at radius 2 is 1.84 bits per heavy atom. The van der Waals surface area contributed by atoms with Gasteiger partial charge in [0.1, 0.15) is 6.54 Å². The highest BCUT2D eigenvalue weighted by atomic mass is 35.5. The molecule has 2 heterocycles. The second kappa shape index (κ2) is 9.47. The second-order valence-corrected chi connectivity index (χ2v) is 8.47. The molecule has 0 aliphatic rings. The minimum Gasteiger partial charge on any atom is -0.468 e. The van der Waals surface area contributed by atoms with E-state index >= 15 is 0 Å². The van der Waals surface area contributed by atoms with Gasteiger partial charge in [0.25, 0.3) is 5.91 Å². The van der Waals surface area contributed by atoms with Crippen LogP contribution in [0.25, 0.3) is 11.0 Å². The minimum absolute atomic E-state index is 0.0932. The largest absolute Gasteiger partial charge is 0.468 e. The molecule has 8 heteroatoms. The third-order valence-corrected chi connectivity index (χ3v) is 5.27. The minimum atomic E-state index is -0.491. The molecule has 3 aromatic rings. The first-order chi connectivity index (χ1) is 14.7. The van der Waals surface area contributed by atoms with Crippen LogP contribution in [0.3, 0.4) is 0 Å². The lowest BCUT2D eigenvalue weighted by molar-refractivity contribution is -0.141. The Hall–Kier alpha value is -2.93. The van der Waals surface area contributed by atoms with E-state index in [1.54, 1.807) is 24.4 Å². The number of methoxy groups -OCH3 is 1. The van der Waals surface area contributed by atoms with Crippen molar-refractivity contribution in [2.45, 2.75) is 46.2 Å². The Balaban J connectivity index is 2.08. The van der Waals surface area contributed by atoms with Gasteiger partial charge in [-0.2, -0.15) is 5.10 Å². The Kier molecular flexibility index (Phi) is 6.95. The molecule has 0 unspecified atom stereocenters. The van der Waals surface area contributed by atoms with Crippen molar-refractivity contribution in [3.8, 4) is 0 Å². The van der Waals surface area contributed by atoms with Crippen molar-refractivity contribution in [2.24, 2.45) is 0 Å². The van der Waals surface area contributed by atoms with Crippen molar-refractivity contribution in [3.05, 3.63) is 58.4 Å². The molecule has 0 atom stereocenters. The number of rotatable bonds is 7. The summed E-state index contributed by atoms with van der Waals surface area (Å²) in [6, 6.07) is 9.07. The maximum Gasteiger partial charge on any atom is 0.325 e. The lowest BCUT2D eigenvalue weighted by Crippen LogP contribution is -2.36. The second-order valence-electron chi connectivity index (χ2n) is 8.03. The molecule has 7 nitrogen and oxygen atoms in total. The summed E-state index contributed by atoms with van der Waals surface area (Å²) in [5, 5.41) is 5.71. The molecular formula is C23H27ClN4O3. The highest BCUT2D eigenvalue weighted by molar-refractivity contribution is 6.30. The Bertz CT molecular complexity index is 1090. The number of hydrogen-bond acceptors (Lipinski definition) is 5. The summed E-state index contributed by atoms with van der Waals surface area (Å²) in [4.78, 5) is 32.0. The lowest BCUT2D eigenvalue weighted by Gasteiger charge is -2.23. The predicted molar refractivity (Wildman–Crippen MR) is 120 cm³/mol. The van der Waals surface area contributed by atoms with E-state index in [-0.39, 0.29) is 31.0 Å². The number of hydrogen-bond donors (Lipinski definition) is 0. The molecule has 0 radical (unpaired) electrons. The van der Waals surface area contributed by atoms with Crippen LogP contribution >= 0.6 is 11.6 Å². The number of fused-ring (bicyclic) bond motifs is 1. The zero-order valence-corrected chi connectivity index (χ0v) is 19.2. The molecule has 164 valence electrons. The molecule has 0 aliphatic heterocycles. The quantitative estimate of drug-likeness (QED) is 0.499. The van der Waals surface area contributed by atoms with E-state index in [2.05, 4.69) is 5.10 Å². The van der Waals surface area contributed by atoms with Crippen molar-refractivity contribution < 1.29 is 14.3 Å². The summed E-state index contributed by atoms with van der Waals surface area (Å²) in [5.41, 5.74) is 2.78. The number of aromatic nitrogens is 3. The van der Waals surface area contributed by atoms with Crippen LogP contribution < -0.4 is 0 Å². The number of nitrogens with zero attached hydrogens (tertiary/aromatic N) is 4. The molecule has 31 heavy (non-hydrogen) atoms. The maximum absolute atomic E-state index is 13.7. The molecule has 2 aromatic heterocycles. The predicted octanol–water partition coefficient (Wildman–Crippen LogP) is 4.60. The first kappa shape index (κ1) is 22.7. The third-order valence-electron chi connectivity index (χ3n) is 5.02. The molecule has 1 aromatic carbocycles. The van der Waals surface area contributed by atoms with Gasteiger partial charge in [-0.1, -0.05) is 37.6 Å². The Labute approximate surface area is 187 Å². The first-order valence-electron chi connectivity index (χ1n) is 10.2. The van der Waals surface area contributed by atoms with E-state index in [1.807, 2.05) is 44.5 Å². The number of carbonyl (C=O) groups excluding carboxylic acids is 2. The SMILES string of the molecule is COC(=O)CN(Cc1ccc(Cl)cc1)C(=O)c1cc(C(C)C)nc2c1cnn2C(C)C. The van der Waals surface area contributed by atoms with E-state index in [0.29, 0.717) is 21.6 Å². The van der Waals surface area contributed by atoms with E-state index in [9.17, 15) is 9.59 Å². The number of carbonyl (C=O) groups is 2.